The van der Waals surface area contributed by atoms with Crippen LogP contribution in [0.4, 0.5) is 5.88 Å². The fourth-order valence-electron chi connectivity index (χ4n) is 2.62. The zero-order valence-electron chi connectivity index (χ0n) is 17.7. The van der Waals surface area contributed by atoms with Crippen molar-refractivity contribution in [2.45, 2.75) is 53.9 Å². The first-order chi connectivity index (χ1) is 13.6. The maximum atomic E-state index is 12.5. The molecule has 1 aromatic carbocycles. The molecule has 0 saturated heterocycles. The highest BCUT2D eigenvalue weighted by Crippen LogP contribution is 2.29. The summed E-state index contributed by atoms with van der Waals surface area (Å²) in [5, 5.41) is 4.86. The van der Waals surface area contributed by atoms with Crippen LogP contribution in [-0.4, -0.2) is 19.4 Å². The third-order valence-electron chi connectivity index (χ3n) is 3.72. The maximum Gasteiger partial charge on any atom is 0.345 e. The Balaban J connectivity index is 0.00000171. The van der Waals surface area contributed by atoms with Gasteiger partial charge in [0.1, 0.15) is 5.56 Å². The van der Waals surface area contributed by atoms with E-state index in [4.69, 9.17) is 4.42 Å². The molecule has 0 saturated carbocycles. The Bertz CT molecular complexity index is 783. The molecule has 2 amide bonds. The van der Waals surface area contributed by atoms with Gasteiger partial charge in [0.05, 0.1) is 5.56 Å². The zero-order chi connectivity index (χ0) is 21.5. The Morgan fingerprint density at radius 1 is 1.11 bits per heavy atom. The minimum absolute atomic E-state index is 0.0603. The van der Waals surface area contributed by atoms with Crippen LogP contribution in [0.5, 0.6) is 0 Å². The van der Waals surface area contributed by atoms with E-state index in [9.17, 15) is 14.4 Å². The number of benzene rings is 1. The minimum atomic E-state index is -0.596. The smallest absolute Gasteiger partial charge is 0.345 e. The Hall–Kier alpha value is -2.89. The van der Waals surface area contributed by atoms with Gasteiger partial charge in [-0.3, -0.25) is 14.9 Å². The molecule has 1 aromatic heterocycles. The molecule has 6 nitrogen and oxygen atoms in total. The largest absolute Gasteiger partial charge is 0.405 e. The topological polar surface area (TPSA) is 88.4 Å². The number of hydrogen-bond donors (Lipinski definition) is 2. The monoisotopic (exact) mass is 388 g/mol. The number of nitrogens with one attached hydrogen (secondary N) is 2. The van der Waals surface area contributed by atoms with E-state index in [0.29, 0.717) is 29.5 Å². The molecule has 0 radical (unpaired) electrons. The first kappa shape index (κ1) is 25.1. The van der Waals surface area contributed by atoms with Gasteiger partial charge in [-0.1, -0.05) is 71.4 Å². The summed E-state index contributed by atoms with van der Waals surface area (Å²) >= 11 is 0. The van der Waals surface area contributed by atoms with E-state index in [-0.39, 0.29) is 11.4 Å². The maximum absolute atomic E-state index is 12.5. The van der Waals surface area contributed by atoms with Gasteiger partial charge in [-0.25, -0.2) is 4.79 Å². The molecule has 0 spiro atoms. The molecule has 0 aliphatic rings. The highest BCUT2D eigenvalue weighted by Gasteiger charge is 2.24. The van der Waals surface area contributed by atoms with Crippen LogP contribution in [0.3, 0.4) is 0 Å². The highest BCUT2D eigenvalue weighted by atomic mass is 16.4. The van der Waals surface area contributed by atoms with Gasteiger partial charge in [-0.15, -0.1) is 0 Å². The zero-order valence-corrected chi connectivity index (χ0v) is 17.7. The molecule has 0 unspecified atom stereocenters. The summed E-state index contributed by atoms with van der Waals surface area (Å²) in [5.74, 6) is -0.536. The summed E-state index contributed by atoms with van der Waals surface area (Å²) in [6, 6.07) is 9.06. The number of hydrogen-bond acceptors (Lipinski definition) is 5. The standard InChI is InChI=1S/C18H20N2O4.2C2H6/c1-3-4-10-13-14(12-8-6-5-7-9-12)18(23)24-17(19-2)15(13)16(22)20-11-21;2*1-2/h5-9,11,19H,3-4,10H2,1-2H3,(H,20,21,22);2*1-2H3. The van der Waals surface area contributed by atoms with Crippen LogP contribution >= 0.6 is 0 Å². The normalized spacial score (nSPS) is 9.21. The Kier molecular flexibility index (Phi) is 12.7. The van der Waals surface area contributed by atoms with Crippen molar-refractivity contribution in [2.75, 3.05) is 12.4 Å². The fourth-order valence-corrected chi connectivity index (χ4v) is 2.62. The van der Waals surface area contributed by atoms with Gasteiger partial charge >= 0.3 is 5.63 Å². The first-order valence-corrected chi connectivity index (χ1v) is 9.81. The van der Waals surface area contributed by atoms with Crippen molar-refractivity contribution < 1.29 is 14.0 Å². The van der Waals surface area contributed by atoms with Gasteiger partial charge in [-0.05, 0) is 24.0 Å². The lowest BCUT2D eigenvalue weighted by molar-refractivity contribution is -0.108. The Morgan fingerprint density at radius 2 is 1.71 bits per heavy atom. The molecule has 6 heteroatoms. The second-order valence-corrected chi connectivity index (χ2v) is 5.26. The van der Waals surface area contributed by atoms with Crippen molar-refractivity contribution >= 4 is 18.2 Å². The fraction of sp³-hybridized carbons (Fsp3) is 0.409. The molecule has 0 atom stereocenters. The summed E-state index contributed by atoms with van der Waals surface area (Å²) < 4.78 is 5.29. The molecule has 2 rings (SSSR count). The van der Waals surface area contributed by atoms with E-state index in [1.165, 1.54) is 0 Å². The van der Waals surface area contributed by atoms with Gasteiger partial charge < -0.3 is 9.73 Å². The van der Waals surface area contributed by atoms with Gasteiger partial charge in [-0.2, -0.15) is 0 Å². The van der Waals surface area contributed by atoms with Crippen LogP contribution in [0.2, 0.25) is 0 Å². The predicted octanol–water partition coefficient (Wildman–Crippen LogP) is 4.63. The summed E-state index contributed by atoms with van der Waals surface area (Å²) in [4.78, 5) is 35.6. The lowest BCUT2D eigenvalue weighted by atomic mass is 9.93. The molecule has 1 heterocycles. The predicted molar refractivity (Wildman–Crippen MR) is 115 cm³/mol. The number of anilines is 1. The van der Waals surface area contributed by atoms with Crippen molar-refractivity contribution in [3.05, 3.63) is 51.9 Å². The molecule has 28 heavy (non-hydrogen) atoms. The van der Waals surface area contributed by atoms with Gasteiger partial charge in [0, 0.05) is 7.05 Å². The molecule has 2 N–H and O–H groups in total. The average Bonchev–Trinajstić information content (AvgIpc) is 2.75. The molecule has 0 bridgehead atoms. The van der Waals surface area contributed by atoms with E-state index in [1.54, 1.807) is 19.2 Å². The molecule has 0 fully saturated rings. The van der Waals surface area contributed by atoms with Crippen molar-refractivity contribution in [1.29, 1.82) is 0 Å². The molecular formula is C22H32N2O4. The number of amides is 2. The second-order valence-electron chi connectivity index (χ2n) is 5.26. The van der Waals surface area contributed by atoms with Crippen LogP contribution in [0.25, 0.3) is 11.1 Å². The Morgan fingerprint density at radius 3 is 2.21 bits per heavy atom. The number of carbonyl (C=O) groups is 2. The molecule has 0 aliphatic heterocycles. The molecule has 0 aliphatic carbocycles. The average molecular weight is 389 g/mol. The van der Waals surface area contributed by atoms with Crippen molar-refractivity contribution in [3.63, 3.8) is 0 Å². The summed E-state index contributed by atoms with van der Waals surface area (Å²) in [5.41, 5.74) is 1.30. The van der Waals surface area contributed by atoms with Crippen LogP contribution in [0, 0.1) is 0 Å². The summed E-state index contributed by atoms with van der Waals surface area (Å²) in [6.07, 6.45) is 2.55. The van der Waals surface area contributed by atoms with Crippen LogP contribution in [0.1, 0.15) is 63.4 Å². The van der Waals surface area contributed by atoms with Gasteiger partial charge in [0.25, 0.3) is 5.91 Å². The highest BCUT2D eigenvalue weighted by molar-refractivity contribution is 6.05. The van der Waals surface area contributed by atoms with Crippen molar-refractivity contribution in [2.24, 2.45) is 0 Å². The number of rotatable bonds is 7. The van der Waals surface area contributed by atoms with Crippen LogP contribution in [0.15, 0.2) is 39.5 Å². The number of imide groups is 1. The number of carbonyl (C=O) groups excluding carboxylic acids is 2. The number of unbranched alkanes of at least 4 members (excludes halogenated alkanes) is 1. The third-order valence-corrected chi connectivity index (χ3v) is 3.72. The first-order valence-electron chi connectivity index (χ1n) is 9.81. The van der Waals surface area contributed by atoms with Gasteiger partial charge in [0.2, 0.25) is 12.3 Å². The van der Waals surface area contributed by atoms with Crippen molar-refractivity contribution in [3.8, 4) is 11.1 Å². The lowest BCUT2D eigenvalue weighted by Gasteiger charge is -2.15. The third kappa shape index (κ3) is 6.37. The quantitative estimate of drug-likeness (QED) is 0.675. The van der Waals surface area contributed by atoms with E-state index >= 15 is 0 Å². The van der Waals surface area contributed by atoms with E-state index in [1.807, 2.05) is 52.8 Å². The second kappa shape index (κ2) is 14.2. The lowest BCUT2D eigenvalue weighted by Crippen LogP contribution is -2.26. The van der Waals surface area contributed by atoms with E-state index in [2.05, 4.69) is 10.6 Å². The minimum Gasteiger partial charge on any atom is -0.405 e. The van der Waals surface area contributed by atoms with Crippen LogP contribution < -0.4 is 16.3 Å². The van der Waals surface area contributed by atoms with E-state index < -0.39 is 11.5 Å². The molecule has 154 valence electrons. The van der Waals surface area contributed by atoms with Crippen LogP contribution in [-0.2, 0) is 11.2 Å². The Labute approximate surface area is 167 Å². The molecule has 2 aromatic rings. The summed E-state index contributed by atoms with van der Waals surface area (Å²) in [7, 11) is 1.56. The van der Waals surface area contributed by atoms with E-state index in [0.717, 1.165) is 12.8 Å². The van der Waals surface area contributed by atoms with Crippen molar-refractivity contribution in [1.82, 2.24) is 5.32 Å². The molecular weight excluding hydrogens is 356 g/mol. The van der Waals surface area contributed by atoms with Gasteiger partial charge in [0.15, 0.2) is 0 Å². The summed E-state index contributed by atoms with van der Waals surface area (Å²) in [6.45, 7) is 10.0. The SMILES string of the molecule is CC.CC.CCCCc1c(C(=O)NC=O)c(NC)oc(=O)c1-c1ccccc1.